The standard InChI is InChI=1S/C21H21ClFN3O2S2/c1-15-2-4-16(5-3-15)12-17-14-29-21(24-17)25-8-10-26(11-9-25)30(27,28)18-6-7-20(23)19(22)13-18/h2-7,13-14H,8-12H2,1H3. The molecule has 5 nitrogen and oxygen atoms in total. The van der Waals surface area contributed by atoms with Gasteiger partial charge in [-0.3, -0.25) is 0 Å². The number of aryl methyl sites for hydroxylation is 1. The first kappa shape index (κ1) is 21.2. The Kier molecular flexibility index (Phi) is 6.11. The highest BCUT2D eigenvalue weighted by atomic mass is 35.5. The van der Waals surface area contributed by atoms with E-state index in [2.05, 4.69) is 41.5 Å². The zero-order valence-electron chi connectivity index (χ0n) is 16.4. The van der Waals surface area contributed by atoms with Crippen LogP contribution in [-0.2, 0) is 16.4 Å². The van der Waals surface area contributed by atoms with Gasteiger partial charge in [0, 0.05) is 38.0 Å². The summed E-state index contributed by atoms with van der Waals surface area (Å²) in [7, 11) is -3.71. The molecule has 0 atom stereocenters. The van der Waals surface area contributed by atoms with Gasteiger partial charge in [-0.2, -0.15) is 4.31 Å². The summed E-state index contributed by atoms with van der Waals surface area (Å²) in [5, 5.41) is 2.76. The number of aromatic nitrogens is 1. The maximum atomic E-state index is 13.4. The Labute approximate surface area is 184 Å². The molecular formula is C21H21ClFN3O2S2. The number of thiazole rings is 1. The molecule has 2 aromatic carbocycles. The topological polar surface area (TPSA) is 53.5 Å². The fraction of sp³-hybridized carbons (Fsp3) is 0.286. The third kappa shape index (κ3) is 4.51. The van der Waals surface area contributed by atoms with Crippen LogP contribution in [0.1, 0.15) is 16.8 Å². The summed E-state index contributed by atoms with van der Waals surface area (Å²) < 4.78 is 40.5. The molecule has 1 saturated heterocycles. The van der Waals surface area contributed by atoms with Crippen molar-refractivity contribution in [2.75, 3.05) is 31.1 Å². The highest BCUT2D eigenvalue weighted by Gasteiger charge is 2.29. The monoisotopic (exact) mass is 465 g/mol. The number of hydrogen-bond donors (Lipinski definition) is 0. The van der Waals surface area contributed by atoms with Crippen molar-refractivity contribution in [2.24, 2.45) is 0 Å². The van der Waals surface area contributed by atoms with Crippen LogP contribution in [0.2, 0.25) is 5.02 Å². The van der Waals surface area contributed by atoms with E-state index in [9.17, 15) is 12.8 Å². The number of nitrogens with zero attached hydrogens (tertiary/aromatic N) is 3. The van der Waals surface area contributed by atoms with E-state index < -0.39 is 15.8 Å². The fourth-order valence-electron chi connectivity index (χ4n) is 3.34. The van der Waals surface area contributed by atoms with Crippen molar-refractivity contribution in [2.45, 2.75) is 18.2 Å². The molecule has 0 radical (unpaired) electrons. The minimum absolute atomic E-state index is 0.0111. The van der Waals surface area contributed by atoms with Crippen LogP contribution in [0.25, 0.3) is 0 Å². The summed E-state index contributed by atoms with van der Waals surface area (Å²) in [5.41, 5.74) is 3.45. The first-order valence-electron chi connectivity index (χ1n) is 9.53. The van der Waals surface area contributed by atoms with Crippen molar-refractivity contribution in [3.05, 3.63) is 75.5 Å². The molecule has 0 amide bonds. The molecule has 2 heterocycles. The fourth-order valence-corrected chi connectivity index (χ4v) is 5.92. The van der Waals surface area contributed by atoms with E-state index in [0.29, 0.717) is 26.2 Å². The van der Waals surface area contributed by atoms with Crippen molar-refractivity contribution in [1.82, 2.24) is 9.29 Å². The minimum atomic E-state index is -3.71. The number of halogens is 2. The van der Waals surface area contributed by atoms with Crippen LogP contribution in [-0.4, -0.2) is 43.9 Å². The summed E-state index contributed by atoms with van der Waals surface area (Å²) >= 11 is 7.33. The number of benzene rings is 2. The van der Waals surface area contributed by atoms with Crippen LogP contribution in [0.15, 0.2) is 52.7 Å². The van der Waals surface area contributed by atoms with Crippen LogP contribution < -0.4 is 4.90 Å². The average molecular weight is 466 g/mol. The Morgan fingerprint density at radius 3 is 2.47 bits per heavy atom. The lowest BCUT2D eigenvalue weighted by atomic mass is 10.1. The molecule has 0 unspecified atom stereocenters. The molecule has 1 aliphatic heterocycles. The average Bonchev–Trinajstić information content (AvgIpc) is 3.20. The molecule has 0 saturated carbocycles. The molecule has 30 heavy (non-hydrogen) atoms. The predicted octanol–water partition coefficient (Wildman–Crippen LogP) is 4.35. The predicted molar refractivity (Wildman–Crippen MR) is 118 cm³/mol. The minimum Gasteiger partial charge on any atom is -0.345 e. The van der Waals surface area contributed by atoms with Crippen LogP contribution in [0.3, 0.4) is 0 Å². The van der Waals surface area contributed by atoms with Gasteiger partial charge in [-0.1, -0.05) is 41.4 Å². The normalized spacial score (nSPS) is 15.5. The molecular weight excluding hydrogens is 445 g/mol. The number of anilines is 1. The lowest BCUT2D eigenvalue weighted by Gasteiger charge is -2.33. The van der Waals surface area contributed by atoms with Crippen LogP contribution in [0, 0.1) is 12.7 Å². The van der Waals surface area contributed by atoms with Gasteiger partial charge in [0.05, 0.1) is 15.6 Å². The van der Waals surface area contributed by atoms with Crippen LogP contribution >= 0.6 is 22.9 Å². The smallest absolute Gasteiger partial charge is 0.243 e. The summed E-state index contributed by atoms with van der Waals surface area (Å²) in [5.74, 6) is -0.634. The van der Waals surface area contributed by atoms with E-state index in [-0.39, 0.29) is 9.92 Å². The first-order chi connectivity index (χ1) is 14.3. The molecule has 1 aliphatic rings. The van der Waals surface area contributed by atoms with E-state index in [0.717, 1.165) is 29.4 Å². The number of piperazine rings is 1. The lowest BCUT2D eigenvalue weighted by Crippen LogP contribution is -2.48. The Balaban J connectivity index is 1.40. The maximum Gasteiger partial charge on any atom is 0.243 e. The van der Waals surface area contributed by atoms with E-state index in [1.54, 1.807) is 11.3 Å². The van der Waals surface area contributed by atoms with Gasteiger partial charge in [-0.05, 0) is 30.7 Å². The van der Waals surface area contributed by atoms with Crippen molar-refractivity contribution >= 4 is 38.1 Å². The van der Waals surface area contributed by atoms with Gasteiger partial charge in [0.25, 0.3) is 0 Å². The van der Waals surface area contributed by atoms with Crippen LogP contribution in [0.4, 0.5) is 9.52 Å². The summed E-state index contributed by atoms with van der Waals surface area (Å²) in [6, 6.07) is 11.9. The van der Waals surface area contributed by atoms with Gasteiger partial charge in [-0.25, -0.2) is 17.8 Å². The van der Waals surface area contributed by atoms with Crippen molar-refractivity contribution < 1.29 is 12.8 Å². The summed E-state index contributed by atoms with van der Waals surface area (Å²) in [4.78, 5) is 6.85. The quantitative estimate of drug-likeness (QED) is 0.562. The second-order valence-electron chi connectivity index (χ2n) is 7.25. The maximum absolute atomic E-state index is 13.4. The highest BCUT2D eigenvalue weighted by Crippen LogP contribution is 2.26. The van der Waals surface area contributed by atoms with Crippen molar-refractivity contribution in [3.63, 3.8) is 0 Å². The van der Waals surface area contributed by atoms with Gasteiger partial charge < -0.3 is 4.90 Å². The number of sulfonamides is 1. The number of hydrogen-bond acceptors (Lipinski definition) is 5. The molecule has 0 spiro atoms. The third-order valence-electron chi connectivity index (χ3n) is 5.08. The summed E-state index contributed by atoms with van der Waals surface area (Å²) in [6.45, 7) is 3.83. The molecule has 0 N–H and O–H groups in total. The second-order valence-corrected chi connectivity index (χ2v) is 10.4. The van der Waals surface area contributed by atoms with Gasteiger partial charge >= 0.3 is 0 Å². The van der Waals surface area contributed by atoms with E-state index in [1.165, 1.54) is 21.5 Å². The molecule has 9 heteroatoms. The van der Waals surface area contributed by atoms with E-state index in [4.69, 9.17) is 16.6 Å². The zero-order valence-corrected chi connectivity index (χ0v) is 18.8. The van der Waals surface area contributed by atoms with Gasteiger partial charge in [0.15, 0.2) is 5.13 Å². The molecule has 0 aliphatic carbocycles. The molecule has 3 aromatic rings. The SMILES string of the molecule is Cc1ccc(Cc2csc(N3CCN(S(=O)(=O)c4ccc(F)c(Cl)c4)CC3)n2)cc1. The first-order valence-corrected chi connectivity index (χ1v) is 12.2. The molecule has 1 aromatic heterocycles. The van der Waals surface area contributed by atoms with Crippen molar-refractivity contribution in [3.8, 4) is 0 Å². The second kappa shape index (κ2) is 8.63. The Hall–Kier alpha value is -2.00. The molecule has 158 valence electrons. The Morgan fingerprint density at radius 1 is 1.10 bits per heavy atom. The largest absolute Gasteiger partial charge is 0.345 e. The van der Waals surface area contributed by atoms with Gasteiger partial charge in [0.2, 0.25) is 10.0 Å². The number of rotatable bonds is 5. The Bertz CT molecular complexity index is 1140. The highest BCUT2D eigenvalue weighted by molar-refractivity contribution is 7.89. The van der Waals surface area contributed by atoms with Gasteiger partial charge in [-0.15, -0.1) is 11.3 Å². The summed E-state index contributed by atoms with van der Waals surface area (Å²) in [6.07, 6.45) is 0.774. The van der Waals surface area contributed by atoms with Gasteiger partial charge in [0.1, 0.15) is 5.82 Å². The lowest BCUT2D eigenvalue weighted by molar-refractivity contribution is 0.384. The molecule has 0 bridgehead atoms. The molecule has 1 fully saturated rings. The zero-order chi connectivity index (χ0) is 21.3. The van der Waals surface area contributed by atoms with E-state index in [1.807, 2.05) is 0 Å². The van der Waals surface area contributed by atoms with Crippen molar-refractivity contribution in [1.29, 1.82) is 0 Å². The molecule has 4 rings (SSSR count). The van der Waals surface area contributed by atoms with Crippen LogP contribution in [0.5, 0.6) is 0 Å². The Morgan fingerprint density at radius 2 is 1.80 bits per heavy atom. The van der Waals surface area contributed by atoms with E-state index >= 15 is 0 Å². The third-order valence-corrected chi connectivity index (χ3v) is 8.22.